The van der Waals surface area contributed by atoms with Gasteiger partial charge in [0.25, 0.3) is 0 Å². The molecule has 8 rings (SSSR count). The summed E-state index contributed by atoms with van der Waals surface area (Å²) in [7, 11) is 0. The quantitative estimate of drug-likeness (QED) is 0.135. The molecule has 0 spiro atoms. The number of hydrogen-bond donors (Lipinski definition) is 1. The van der Waals surface area contributed by atoms with Gasteiger partial charge in [0.1, 0.15) is 17.9 Å². The van der Waals surface area contributed by atoms with Crippen molar-refractivity contribution in [1.29, 1.82) is 0 Å². The fourth-order valence-corrected chi connectivity index (χ4v) is 7.69. The van der Waals surface area contributed by atoms with E-state index in [9.17, 15) is 0 Å². The summed E-state index contributed by atoms with van der Waals surface area (Å²) in [5, 5.41) is 0. The average Bonchev–Trinajstić information content (AvgIpc) is 3.52. The zero-order valence-electron chi connectivity index (χ0n) is 29.5. The van der Waals surface area contributed by atoms with E-state index in [0.29, 0.717) is 23.9 Å². The van der Waals surface area contributed by atoms with Crippen LogP contribution in [0.2, 0.25) is 0 Å². The summed E-state index contributed by atoms with van der Waals surface area (Å²) in [6.45, 7) is 2.66. The fraction of sp³-hybridized carbons (Fsp3) is 0.0851. The first-order valence-electron chi connectivity index (χ1n) is 17.9. The number of fused-ring (bicyclic) bond motifs is 1. The van der Waals surface area contributed by atoms with Crippen molar-refractivity contribution in [2.45, 2.75) is 31.3 Å². The van der Waals surface area contributed by atoms with Crippen LogP contribution in [0, 0.1) is 0 Å². The van der Waals surface area contributed by atoms with E-state index < -0.39 is 0 Å². The Morgan fingerprint density at radius 2 is 1.38 bits per heavy atom. The Balaban J connectivity index is 1.11. The molecule has 0 saturated heterocycles. The van der Waals surface area contributed by atoms with Crippen LogP contribution in [0.4, 0.5) is 22.7 Å². The van der Waals surface area contributed by atoms with Crippen molar-refractivity contribution >= 4 is 45.6 Å². The van der Waals surface area contributed by atoms with E-state index >= 15 is 0 Å². The minimum atomic E-state index is 0.419. The molecule has 0 unspecified atom stereocenters. The van der Waals surface area contributed by atoms with Crippen LogP contribution in [0.15, 0.2) is 190 Å². The molecule has 1 aromatic heterocycles. The lowest BCUT2D eigenvalue weighted by atomic mass is 10.0. The first-order chi connectivity index (χ1) is 26.1. The van der Waals surface area contributed by atoms with Crippen LogP contribution in [-0.2, 0) is 6.61 Å². The van der Waals surface area contributed by atoms with E-state index in [1.165, 1.54) is 26.5 Å². The predicted molar refractivity (Wildman–Crippen MR) is 221 cm³/mol. The Bertz CT molecular complexity index is 2410. The third kappa shape index (κ3) is 7.55. The standard InChI is InChI=1S/C47H39N3O2S/c1-2-34-12-4-3-5-18-45(34)53-46-19-11-6-13-40(46)35-22-28-38(29-23-35)50(37-26-20-33(21-27-37)32-51-43-16-9-7-14-41(43)48)39-30-24-36(25-31-39)47-49-42-15-8-10-17-44(42)52-47/h3-11,13-31H,2,12,32,48H2,1H3. The van der Waals surface area contributed by atoms with Gasteiger partial charge < -0.3 is 19.8 Å². The van der Waals surface area contributed by atoms with Gasteiger partial charge in [0, 0.05) is 32.4 Å². The number of nitrogens with zero attached hydrogens (tertiary/aromatic N) is 2. The zero-order valence-corrected chi connectivity index (χ0v) is 30.3. The summed E-state index contributed by atoms with van der Waals surface area (Å²) in [4.78, 5) is 9.55. The molecule has 7 aromatic rings. The summed E-state index contributed by atoms with van der Waals surface area (Å²) in [5.41, 5.74) is 17.3. The molecule has 0 bridgehead atoms. The average molecular weight is 710 g/mol. The molecule has 6 aromatic carbocycles. The topological polar surface area (TPSA) is 64.5 Å². The Labute approximate surface area is 314 Å². The van der Waals surface area contributed by atoms with Crippen LogP contribution in [0.3, 0.4) is 0 Å². The lowest BCUT2D eigenvalue weighted by Gasteiger charge is -2.26. The van der Waals surface area contributed by atoms with Gasteiger partial charge in [0.15, 0.2) is 5.58 Å². The number of oxazole rings is 1. The second-order valence-corrected chi connectivity index (χ2v) is 13.9. The number of anilines is 4. The van der Waals surface area contributed by atoms with Crippen LogP contribution >= 0.6 is 11.8 Å². The number of para-hydroxylation sites is 4. The summed E-state index contributed by atoms with van der Waals surface area (Å²) in [5.74, 6) is 1.29. The largest absolute Gasteiger partial charge is 0.487 e. The highest BCUT2D eigenvalue weighted by molar-refractivity contribution is 8.03. The molecule has 0 fully saturated rings. The molecule has 1 aliphatic carbocycles. The Hall–Kier alpha value is -6.24. The van der Waals surface area contributed by atoms with Crippen molar-refractivity contribution in [2.75, 3.05) is 10.6 Å². The molecule has 1 aliphatic rings. The van der Waals surface area contributed by atoms with Crippen molar-refractivity contribution in [2.24, 2.45) is 0 Å². The van der Waals surface area contributed by atoms with Gasteiger partial charge in [-0.2, -0.15) is 0 Å². The molecule has 1 heterocycles. The molecule has 0 radical (unpaired) electrons. The Kier molecular flexibility index (Phi) is 9.95. The maximum Gasteiger partial charge on any atom is 0.227 e. The second kappa shape index (κ2) is 15.6. The van der Waals surface area contributed by atoms with Crippen LogP contribution in [0.5, 0.6) is 5.75 Å². The number of thioether (sulfide) groups is 1. The minimum Gasteiger partial charge on any atom is -0.487 e. The molecular weight excluding hydrogens is 671 g/mol. The maximum atomic E-state index is 6.11. The Morgan fingerprint density at radius 3 is 2.11 bits per heavy atom. The molecule has 6 heteroatoms. The lowest BCUT2D eigenvalue weighted by Crippen LogP contribution is -2.10. The van der Waals surface area contributed by atoms with E-state index in [1.54, 1.807) is 0 Å². The fourth-order valence-electron chi connectivity index (χ4n) is 6.49. The van der Waals surface area contributed by atoms with Gasteiger partial charge in [-0.15, -0.1) is 0 Å². The molecule has 0 atom stereocenters. The van der Waals surface area contributed by atoms with Crippen molar-refractivity contribution in [3.63, 3.8) is 0 Å². The zero-order chi connectivity index (χ0) is 36.0. The number of rotatable bonds is 11. The van der Waals surface area contributed by atoms with E-state index in [1.807, 2.05) is 60.3 Å². The number of ether oxygens (including phenoxy) is 1. The van der Waals surface area contributed by atoms with Crippen LogP contribution in [0.1, 0.15) is 25.3 Å². The minimum absolute atomic E-state index is 0.419. The van der Waals surface area contributed by atoms with Gasteiger partial charge in [-0.05, 0) is 114 Å². The molecule has 0 aliphatic heterocycles. The van der Waals surface area contributed by atoms with Gasteiger partial charge in [-0.25, -0.2) is 4.98 Å². The molecule has 53 heavy (non-hydrogen) atoms. The van der Waals surface area contributed by atoms with E-state index in [-0.39, 0.29) is 0 Å². The third-order valence-corrected chi connectivity index (χ3v) is 10.6. The van der Waals surface area contributed by atoms with E-state index in [0.717, 1.165) is 52.1 Å². The summed E-state index contributed by atoms with van der Waals surface area (Å²) in [6, 6.07) is 49.8. The normalized spacial score (nSPS) is 12.6. The Morgan fingerprint density at radius 1 is 0.717 bits per heavy atom. The monoisotopic (exact) mass is 709 g/mol. The van der Waals surface area contributed by atoms with Crippen LogP contribution in [0.25, 0.3) is 33.7 Å². The number of nitrogens with two attached hydrogens (primary N) is 1. The smallest absolute Gasteiger partial charge is 0.227 e. The first-order valence-corrected chi connectivity index (χ1v) is 18.7. The van der Waals surface area contributed by atoms with Crippen LogP contribution in [-0.4, -0.2) is 4.98 Å². The van der Waals surface area contributed by atoms with E-state index in [4.69, 9.17) is 19.9 Å². The predicted octanol–water partition coefficient (Wildman–Crippen LogP) is 13.1. The third-order valence-electron chi connectivity index (χ3n) is 9.35. The molecular formula is C47H39N3O2S. The van der Waals surface area contributed by atoms with Crippen molar-refractivity contribution in [3.8, 4) is 28.3 Å². The molecule has 0 amide bonds. The van der Waals surface area contributed by atoms with Crippen LogP contribution < -0.4 is 15.4 Å². The van der Waals surface area contributed by atoms with Crippen molar-refractivity contribution in [1.82, 2.24) is 4.98 Å². The molecule has 2 N–H and O–H groups in total. The highest BCUT2D eigenvalue weighted by atomic mass is 32.2. The molecule has 0 saturated carbocycles. The lowest BCUT2D eigenvalue weighted by molar-refractivity contribution is 0.308. The number of aromatic nitrogens is 1. The number of allylic oxidation sites excluding steroid dienone is 5. The number of nitrogen functional groups attached to an aromatic ring is 1. The maximum absolute atomic E-state index is 6.11. The number of hydrogen-bond acceptors (Lipinski definition) is 6. The second-order valence-electron chi connectivity index (χ2n) is 12.8. The highest BCUT2D eigenvalue weighted by Crippen LogP contribution is 2.41. The summed E-state index contributed by atoms with van der Waals surface area (Å²) < 4.78 is 12.1. The highest BCUT2D eigenvalue weighted by Gasteiger charge is 2.16. The molecule has 260 valence electrons. The van der Waals surface area contributed by atoms with E-state index in [2.05, 4.69) is 133 Å². The number of benzene rings is 6. The van der Waals surface area contributed by atoms with Gasteiger partial charge >= 0.3 is 0 Å². The first kappa shape index (κ1) is 33.9. The summed E-state index contributed by atoms with van der Waals surface area (Å²) in [6.07, 6.45) is 10.8. The summed E-state index contributed by atoms with van der Waals surface area (Å²) >= 11 is 1.85. The van der Waals surface area contributed by atoms with Gasteiger partial charge in [0.05, 0.1) is 5.69 Å². The van der Waals surface area contributed by atoms with Gasteiger partial charge in [-0.3, -0.25) is 0 Å². The van der Waals surface area contributed by atoms with Crippen molar-refractivity contribution < 1.29 is 9.15 Å². The SMILES string of the molecule is CCC1=C(Sc2ccccc2-c2ccc(N(c3ccc(COc4ccccc4N)cc3)c3ccc(-c4nc5ccccc5o4)cc3)cc2)C=CC=CC1. The van der Waals surface area contributed by atoms with Gasteiger partial charge in [-0.1, -0.05) is 109 Å². The van der Waals surface area contributed by atoms with Gasteiger partial charge in [0.2, 0.25) is 5.89 Å². The van der Waals surface area contributed by atoms with Crippen molar-refractivity contribution in [3.05, 3.63) is 186 Å². The molecule has 5 nitrogen and oxygen atoms in total.